The summed E-state index contributed by atoms with van der Waals surface area (Å²) in [5.74, 6) is -1.21. The molecule has 2 unspecified atom stereocenters. The van der Waals surface area contributed by atoms with Gasteiger partial charge in [-0.2, -0.15) is 4.31 Å². The highest BCUT2D eigenvalue weighted by atomic mass is 32.2. The number of sulfonamides is 1. The molecular weight excluding hydrogens is 359 g/mol. The van der Waals surface area contributed by atoms with Crippen LogP contribution in [0.25, 0.3) is 0 Å². The maximum Gasteiger partial charge on any atom is 0.412 e. The second kappa shape index (κ2) is 6.36. The van der Waals surface area contributed by atoms with Gasteiger partial charge >= 0.3 is 13.0 Å². The summed E-state index contributed by atoms with van der Waals surface area (Å²) >= 11 is 0. The van der Waals surface area contributed by atoms with E-state index in [1.165, 1.54) is 19.0 Å². The number of aryl methyl sites for hydroxylation is 1. The lowest BCUT2D eigenvalue weighted by Crippen LogP contribution is -2.49. The van der Waals surface area contributed by atoms with Crippen molar-refractivity contribution in [2.75, 3.05) is 13.2 Å². The molecule has 1 aromatic rings. The van der Waals surface area contributed by atoms with Gasteiger partial charge in [-0.25, -0.2) is 13.2 Å². The van der Waals surface area contributed by atoms with Crippen LogP contribution in [0.2, 0.25) is 6.82 Å². The molecule has 0 aliphatic carbocycles. The van der Waals surface area contributed by atoms with Crippen molar-refractivity contribution >= 4 is 29.0 Å². The summed E-state index contributed by atoms with van der Waals surface area (Å²) in [4.78, 5) is 26.1. The molecule has 2 saturated heterocycles. The van der Waals surface area contributed by atoms with E-state index in [1.807, 2.05) is 6.92 Å². The van der Waals surface area contributed by atoms with Crippen LogP contribution in [0.3, 0.4) is 0 Å². The molecule has 26 heavy (non-hydrogen) atoms. The number of carbonyl (C=O) groups is 2. The normalized spacial score (nSPS) is 27.7. The Bertz CT molecular complexity index is 841. The lowest BCUT2D eigenvalue weighted by atomic mass is 9.84. The topological polar surface area (TPSA) is 104 Å². The maximum atomic E-state index is 12.9. The molecule has 1 amide bonds. The fourth-order valence-electron chi connectivity index (χ4n) is 3.45. The van der Waals surface area contributed by atoms with Gasteiger partial charge < -0.3 is 14.6 Å². The zero-order valence-corrected chi connectivity index (χ0v) is 15.7. The van der Waals surface area contributed by atoms with Crippen molar-refractivity contribution in [3.8, 4) is 0 Å². The van der Waals surface area contributed by atoms with Crippen LogP contribution in [0.15, 0.2) is 29.2 Å². The Kier molecular flexibility index (Phi) is 4.62. The van der Waals surface area contributed by atoms with E-state index in [0.29, 0.717) is 0 Å². The van der Waals surface area contributed by atoms with Crippen LogP contribution in [0.4, 0.5) is 0 Å². The van der Waals surface area contributed by atoms with Gasteiger partial charge in [-0.15, -0.1) is 0 Å². The van der Waals surface area contributed by atoms with Crippen LogP contribution in [0.5, 0.6) is 0 Å². The van der Waals surface area contributed by atoms with E-state index >= 15 is 0 Å². The van der Waals surface area contributed by atoms with Crippen molar-refractivity contribution in [3.05, 3.63) is 29.8 Å². The first kappa shape index (κ1) is 18.9. The number of ether oxygens (including phenoxy) is 1. The standard InChI is InChI=1S/C16H21BN2O6S/c1-4-25-14(20)13-9-16(15(21)19(13)17(3)22)10-18(16)26(23,24)12-7-5-11(2)6-8-12/h5-8,13,22H,4,9-10H2,1-3H3/t13-,16?,18?/m1/s1. The molecule has 1 N–H and O–H groups in total. The quantitative estimate of drug-likeness (QED) is 0.439. The summed E-state index contributed by atoms with van der Waals surface area (Å²) in [6.07, 6.45) is -0.0271. The Labute approximate surface area is 152 Å². The van der Waals surface area contributed by atoms with Gasteiger partial charge in [0.15, 0.2) is 0 Å². The Morgan fingerprint density at radius 1 is 1.38 bits per heavy atom. The minimum absolute atomic E-state index is 0.0127. The van der Waals surface area contributed by atoms with Crippen LogP contribution >= 0.6 is 0 Å². The molecular formula is C16H21BN2O6S. The lowest BCUT2D eigenvalue weighted by Gasteiger charge is -2.23. The van der Waals surface area contributed by atoms with Gasteiger partial charge in [0.2, 0.25) is 15.9 Å². The Morgan fingerprint density at radius 2 is 2.00 bits per heavy atom. The smallest absolute Gasteiger partial charge is 0.412 e. The molecule has 140 valence electrons. The zero-order valence-electron chi connectivity index (χ0n) is 14.9. The van der Waals surface area contributed by atoms with E-state index in [4.69, 9.17) is 4.74 Å². The second-order valence-corrected chi connectivity index (χ2v) is 8.53. The van der Waals surface area contributed by atoms with Gasteiger partial charge in [0, 0.05) is 13.0 Å². The van der Waals surface area contributed by atoms with E-state index < -0.39 is 40.5 Å². The summed E-state index contributed by atoms with van der Waals surface area (Å²) in [6.45, 7) is 4.98. The summed E-state index contributed by atoms with van der Waals surface area (Å²) < 4.78 is 31.8. The zero-order chi connectivity index (χ0) is 19.3. The molecule has 2 fully saturated rings. The molecule has 1 aromatic carbocycles. The number of hydrogen-bond donors (Lipinski definition) is 1. The van der Waals surface area contributed by atoms with Crippen LogP contribution in [0.1, 0.15) is 18.9 Å². The monoisotopic (exact) mass is 380 g/mol. The first-order chi connectivity index (χ1) is 12.1. The van der Waals surface area contributed by atoms with Crippen molar-refractivity contribution in [2.24, 2.45) is 0 Å². The van der Waals surface area contributed by atoms with E-state index in [9.17, 15) is 23.0 Å². The fourth-order valence-corrected chi connectivity index (χ4v) is 5.18. The SMILES string of the molecule is CCOC(=O)[C@H]1CC2(CN2S(=O)(=O)c2ccc(C)cc2)C(=O)N1B(C)O. The van der Waals surface area contributed by atoms with Crippen LogP contribution in [-0.2, 0) is 24.3 Å². The summed E-state index contributed by atoms with van der Waals surface area (Å²) in [5.41, 5.74) is -0.401. The van der Waals surface area contributed by atoms with E-state index in [0.717, 1.165) is 14.7 Å². The number of rotatable bonds is 5. The average molecular weight is 380 g/mol. The van der Waals surface area contributed by atoms with Gasteiger partial charge in [0.1, 0.15) is 11.6 Å². The third-order valence-corrected chi connectivity index (χ3v) is 6.78. The highest BCUT2D eigenvalue weighted by Crippen LogP contribution is 2.48. The summed E-state index contributed by atoms with van der Waals surface area (Å²) in [5, 5.41) is 9.94. The number of carbonyl (C=O) groups excluding carboxylic acids is 2. The molecule has 0 radical (unpaired) electrons. The second-order valence-electron chi connectivity index (χ2n) is 6.67. The largest absolute Gasteiger partial charge is 0.464 e. The Morgan fingerprint density at radius 3 is 2.54 bits per heavy atom. The molecule has 3 rings (SSSR count). The van der Waals surface area contributed by atoms with E-state index in [1.54, 1.807) is 19.1 Å². The van der Waals surface area contributed by atoms with E-state index in [-0.39, 0.29) is 24.5 Å². The fraction of sp³-hybridized carbons (Fsp3) is 0.500. The third-order valence-electron chi connectivity index (χ3n) is 4.85. The molecule has 2 aliphatic rings. The van der Waals surface area contributed by atoms with E-state index in [2.05, 4.69) is 0 Å². The van der Waals surface area contributed by atoms with Crippen molar-refractivity contribution < 1.29 is 27.8 Å². The van der Waals surface area contributed by atoms with Crippen molar-refractivity contribution in [1.82, 2.24) is 9.12 Å². The summed E-state index contributed by atoms with van der Waals surface area (Å²) in [6, 6.07) is 5.35. The third kappa shape index (κ3) is 2.82. The number of nitrogens with zero attached hydrogens (tertiary/aromatic N) is 2. The van der Waals surface area contributed by atoms with Crippen molar-refractivity contribution in [1.29, 1.82) is 0 Å². The average Bonchev–Trinajstić information content (AvgIpc) is 3.23. The number of hydrogen-bond acceptors (Lipinski definition) is 6. The Balaban J connectivity index is 1.91. The van der Waals surface area contributed by atoms with Crippen LogP contribution < -0.4 is 0 Å². The minimum Gasteiger partial charge on any atom is -0.464 e. The number of amides is 1. The number of benzene rings is 1. The van der Waals surface area contributed by atoms with Gasteiger partial charge in [-0.3, -0.25) is 4.79 Å². The Hall–Kier alpha value is -1.91. The van der Waals surface area contributed by atoms with Crippen molar-refractivity contribution in [3.63, 3.8) is 0 Å². The van der Waals surface area contributed by atoms with Gasteiger partial charge in [0.05, 0.1) is 11.5 Å². The molecule has 0 aromatic heterocycles. The molecule has 0 bridgehead atoms. The highest BCUT2D eigenvalue weighted by molar-refractivity contribution is 7.89. The molecule has 2 heterocycles. The molecule has 8 nitrogen and oxygen atoms in total. The molecule has 3 atom stereocenters. The first-order valence-corrected chi connectivity index (χ1v) is 9.86. The maximum absolute atomic E-state index is 12.9. The highest BCUT2D eigenvalue weighted by Gasteiger charge is 2.71. The summed E-state index contributed by atoms with van der Waals surface area (Å²) in [7, 11) is -5.09. The predicted octanol–water partition coefficient (Wildman–Crippen LogP) is 0.0124. The molecule has 10 heteroatoms. The van der Waals surface area contributed by atoms with Crippen LogP contribution in [-0.4, -0.2) is 66.2 Å². The molecule has 1 spiro atoms. The minimum atomic E-state index is -3.87. The molecule has 2 aliphatic heterocycles. The van der Waals surface area contributed by atoms with Gasteiger partial charge in [0.25, 0.3) is 0 Å². The van der Waals surface area contributed by atoms with Crippen LogP contribution in [0, 0.1) is 6.92 Å². The van der Waals surface area contributed by atoms with Crippen molar-refractivity contribution in [2.45, 2.75) is 43.6 Å². The first-order valence-electron chi connectivity index (χ1n) is 8.42. The van der Waals surface area contributed by atoms with Gasteiger partial charge in [-0.1, -0.05) is 17.7 Å². The predicted molar refractivity (Wildman–Crippen MR) is 93.5 cm³/mol. The molecule has 0 saturated carbocycles. The number of esters is 1. The van der Waals surface area contributed by atoms with Gasteiger partial charge in [-0.05, 0) is 32.8 Å². The lowest BCUT2D eigenvalue weighted by molar-refractivity contribution is -0.149.